The van der Waals surface area contributed by atoms with Gasteiger partial charge in [-0.05, 0) is 0 Å². The van der Waals surface area contributed by atoms with Gasteiger partial charge < -0.3 is 30.6 Å². The molecule has 2 heterocycles. The number of phosphoric acid groups is 2. The Morgan fingerprint density at radius 2 is 1.74 bits per heavy atom. The van der Waals surface area contributed by atoms with E-state index in [0.29, 0.717) is 0 Å². The van der Waals surface area contributed by atoms with Crippen LogP contribution in [0.4, 0.5) is 17.5 Å². The smallest absolute Gasteiger partial charge is 0.369 e. The molecule has 1 aromatic rings. The predicted octanol–water partition coefficient (Wildman–Crippen LogP) is -1.61. The number of rotatable bonds is 5. The van der Waals surface area contributed by atoms with Crippen molar-refractivity contribution in [3.05, 3.63) is 10.4 Å². The van der Waals surface area contributed by atoms with Crippen LogP contribution in [0, 0.1) is 0 Å². The second-order valence-electron chi connectivity index (χ2n) is 4.13. The van der Waals surface area contributed by atoms with Crippen molar-refractivity contribution in [2.45, 2.75) is 6.29 Å². The van der Waals surface area contributed by atoms with Crippen LogP contribution in [0.15, 0.2) is 9.79 Å². The summed E-state index contributed by atoms with van der Waals surface area (Å²) in [6, 6.07) is 0. The average Bonchev–Trinajstić information content (AvgIpc) is 2.34. The fourth-order valence-electron chi connectivity index (χ4n) is 1.60. The Kier molecular flexibility index (Phi) is 4.71. The Morgan fingerprint density at radius 3 is 2.26 bits per heavy atom. The molecular formula is C7H11N5O9P2. The van der Waals surface area contributed by atoms with E-state index in [-0.39, 0.29) is 24.0 Å². The number of phosphoric ester groups is 2. The van der Waals surface area contributed by atoms with Gasteiger partial charge in [0, 0.05) is 0 Å². The van der Waals surface area contributed by atoms with E-state index in [1.165, 1.54) is 0 Å². The summed E-state index contributed by atoms with van der Waals surface area (Å²) in [6.07, 6.45) is -2.20. The van der Waals surface area contributed by atoms with Crippen LogP contribution < -0.4 is 16.6 Å². The van der Waals surface area contributed by atoms with Crippen molar-refractivity contribution in [1.82, 2.24) is 9.97 Å². The molecule has 128 valence electrons. The quantitative estimate of drug-likeness (QED) is 0.229. The number of nitrogens with one attached hydrogen (secondary N) is 2. The fourth-order valence-corrected chi connectivity index (χ4v) is 2.49. The lowest BCUT2D eigenvalue weighted by Crippen LogP contribution is -2.34. The van der Waals surface area contributed by atoms with Crippen molar-refractivity contribution >= 4 is 38.8 Å². The van der Waals surface area contributed by atoms with Crippen LogP contribution in [0.3, 0.4) is 0 Å². The monoisotopic (exact) mass is 371 g/mol. The van der Waals surface area contributed by atoms with Crippen LogP contribution in [0.1, 0.15) is 0 Å². The summed E-state index contributed by atoms with van der Waals surface area (Å²) in [5.74, 6) is -0.226. The molecular weight excluding hydrogens is 360 g/mol. The lowest BCUT2D eigenvalue weighted by atomic mass is 10.3. The Labute approximate surface area is 126 Å². The molecule has 1 aliphatic rings. The van der Waals surface area contributed by atoms with Crippen molar-refractivity contribution in [1.29, 1.82) is 0 Å². The highest BCUT2D eigenvalue weighted by molar-refractivity contribution is 7.47. The van der Waals surface area contributed by atoms with Crippen molar-refractivity contribution in [2.75, 3.05) is 17.6 Å². The zero-order valence-corrected chi connectivity index (χ0v) is 12.8. The highest BCUT2D eigenvalue weighted by Gasteiger charge is 2.35. The third kappa shape index (κ3) is 4.92. The van der Waals surface area contributed by atoms with Crippen molar-refractivity contribution in [3.63, 3.8) is 0 Å². The summed E-state index contributed by atoms with van der Waals surface area (Å²) in [7, 11) is -10.4. The van der Waals surface area contributed by atoms with E-state index in [2.05, 4.69) is 29.3 Å². The molecule has 1 aliphatic heterocycles. The van der Waals surface area contributed by atoms with Crippen LogP contribution >= 0.6 is 15.6 Å². The molecule has 1 aromatic heterocycles. The topological polar surface area (TPSA) is 230 Å². The van der Waals surface area contributed by atoms with Gasteiger partial charge in [-0.15, -0.1) is 0 Å². The molecule has 0 saturated heterocycles. The minimum absolute atomic E-state index is 0.0268. The Hall–Kier alpha value is -1.63. The summed E-state index contributed by atoms with van der Waals surface area (Å²) in [4.78, 5) is 56.4. The van der Waals surface area contributed by atoms with E-state index in [0.717, 1.165) is 0 Å². The summed E-state index contributed by atoms with van der Waals surface area (Å²) in [5.41, 5.74) is 3.82. The molecule has 0 bridgehead atoms. The van der Waals surface area contributed by atoms with Crippen LogP contribution in [0.2, 0.25) is 0 Å². The van der Waals surface area contributed by atoms with E-state index in [9.17, 15) is 13.9 Å². The first-order valence-electron chi connectivity index (χ1n) is 5.63. The Balaban J connectivity index is 2.43. The standard InChI is InChI=1S/C7H11N5O9P2/c8-7-11-4-3(5(13)12-7)10-2(1-9-4)6(20-22(14,15)16)21-23(17,18)19/h6H,1H2,(H2,14,15,16)(H2,17,18,19)(H4,8,9,11,12,13). The molecule has 0 spiro atoms. The molecule has 8 N–H and O–H groups in total. The molecule has 0 unspecified atom stereocenters. The van der Waals surface area contributed by atoms with Crippen LogP contribution in [-0.4, -0.2) is 48.1 Å². The Morgan fingerprint density at radius 1 is 1.17 bits per heavy atom. The molecule has 0 fully saturated rings. The first-order chi connectivity index (χ1) is 10.4. The van der Waals surface area contributed by atoms with E-state index in [1.54, 1.807) is 0 Å². The maximum Gasteiger partial charge on any atom is 0.472 e. The normalized spacial score (nSPS) is 15.1. The zero-order chi connectivity index (χ0) is 17.4. The van der Waals surface area contributed by atoms with Crippen molar-refractivity contribution < 1.29 is 37.8 Å². The van der Waals surface area contributed by atoms with Crippen LogP contribution in [0.5, 0.6) is 0 Å². The zero-order valence-electron chi connectivity index (χ0n) is 11.0. The number of aromatic nitrogens is 2. The van der Waals surface area contributed by atoms with Gasteiger partial charge in [0.15, 0.2) is 11.5 Å². The van der Waals surface area contributed by atoms with Gasteiger partial charge >= 0.3 is 15.6 Å². The van der Waals surface area contributed by atoms with Crippen molar-refractivity contribution in [3.8, 4) is 0 Å². The van der Waals surface area contributed by atoms with E-state index < -0.39 is 33.2 Å². The van der Waals surface area contributed by atoms with Crippen LogP contribution in [0.25, 0.3) is 0 Å². The molecule has 0 aromatic carbocycles. The molecule has 14 nitrogen and oxygen atoms in total. The second-order valence-corrected chi connectivity index (χ2v) is 6.51. The van der Waals surface area contributed by atoms with Gasteiger partial charge in [0.05, 0.1) is 12.3 Å². The highest BCUT2D eigenvalue weighted by atomic mass is 31.2. The number of hydrogen-bond donors (Lipinski definition) is 7. The van der Waals surface area contributed by atoms with Gasteiger partial charge in [-0.3, -0.25) is 18.8 Å². The fraction of sp³-hybridized carbons (Fsp3) is 0.286. The summed E-state index contributed by atoms with van der Waals surface area (Å²) in [5, 5.41) is 2.54. The van der Waals surface area contributed by atoms with E-state index in [1.807, 2.05) is 0 Å². The second kappa shape index (κ2) is 6.11. The molecule has 23 heavy (non-hydrogen) atoms. The van der Waals surface area contributed by atoms with Gasteiger partial charge in [-0.1, -0.05) is 0 Å². The van der Waals surface area contributed by atoms with Crippen molar-refractivity contribution in [2.24, 2.45) is 4.99 Å². The van der Waals surface area contributed by atoms with Gasteiger partial charge in [0.1, 0.15) is 0 Å². The minimum Gasteiger partial charge on any atom is -0.369 e. The highest BCUT2D eigenvalue weighted by Crippen LogP contribution is 2.45. The number of aliphatic imine (C=N–C) groups is 1. The lowest BCUT2D eigenvalue weighted by Gasteiger charge is -2.23. The first kappa shape index (κ1) is 17.7. The largest absolute Gasteiger partial charge is 0.472 e. The maximum absolute atomic E-state index is 11.7. The van der Waals surface area contributed by atoms with E-state index >= 15 is 0 Å². The molecule has 0 atom stereocenters. The van der Waals surface area contributed by atoms with Crippen LogP contribution in [-0.2, 0) is 18.2 Å². The van der Waals surface area contributed by atoms with Gasteiger partial charge in [0.2, 0.25) is 12.2 Å². The first-order valence-corrected chi connectivity index (χ1v) is 8.70. The molecule has 2 rings (SSSR count). The van der Waals surface area contributed by atoms with Gasteiger partial charge in [0.25, 0.3) is 5.56 Å². The third-order valence-corrected chi connectivity index (χ3v) is 3.28. The third-order valence-electron chi connectivity index (χ3n) is 2.34. The number of aromatic amines is 1. The maximum atomic E-state index is 11.7. The minimum atomic E-state index is -5.18. The lowest BCUT2D eigenvalue weighted by molar-refractivity contribution is 0.0142. The number of nitrogen functional groups attached to an aromatic ring is 1. The predicted molar refractivity (Wildman–Crippen MR) is 74.9 cm³/mol. The number of fused-ring (bicyclic) bond motifs is 1. The van der Waals surface area contributed by atoms with Gasteiger partial charge in [-0.25, -0.2) is 14.1 Å². The number of nitrogens with zero attached hydrogens (tertiary/aromatic N) is 2. The molecule has 0 saturated carbocycles. The summed E-state index contributed by atoms with van der Waals surface area (Å²) >= 11 is 0. The Bertz CT molecular complexity index is 770. The molecule has 0 aliphatic carbocycles. The molecule has 16 heteroatoms. The SMILES string of the molecule is Nc1nc2c(c(=O)[nH]1)N=C(C(OP(=O)(O)O)OP(=O)(O)O)CN2. The van der Waals surface area contributed by atoms with E-state index in [4.69, 9.17) is 25.3 Å². The number of hydrogen-bond acceptors (Lipinski definition) is 9. The molecule has 0 radical (unpaired) electrons. The summed E-state index contributed by atoms with van der Waals surface area (Å²) < 4.78 is 30.1. The van der Waals surface area contributed by atoms with Gasteiger partial charge in [-0.2, -0.15) is 4.98 Å². The number of anilines is 2. The number of H-pyrrole nitrogens is 1. The molecule has 0 amide bonds. The average molecular weight is 371 g/mol. The number of nitrogens with two attached hydrogens (primary N) is 1. The summed E-state index contributed by atoms with van der Waals surface area (Å²) in [6.45, 7) is -0.326.